The maximum atomic E-state index is 11.9. The molecule has 1 rings (SSSR count). The fourth-order valence-corrected chi connectivity index (χ4v) is 2.97. The predicted octanol–water partition coefficient (Wildman–Crippen LogP) is 2.33. The first-order valence-electron chi connectivity index (χ1n) is 5.46. The van der Waals surface area contributed by atoms with Gasteiger partial charge in [0, 0.05) is 33.2 Å². The Labute approximate surface area is 110 Å². The molecule has 0 spiro atoms. The van der Waals surface area contributed by atoms with E-state index in [4.69, 9.17) is 22.1 Å². The van der Waals surface area contributed by atoms with Crippen molar-refractivity contribution in [2.45, 2.75) is 25.1 Å². The number of hydrogen-bond acceptors (Lipinski definition) is 3. The van der Waals surface area contributed by atoms with Gasteiger partial charge in [0.15, 0.2) is 0 Å². The van der Waals surface area contributed by atoms with Crippen molar-refractivity contribution in [2.75, 3.05) is 12.9 Å². The summed E-state index contributed by atoms with van der Waals surface area (Å²) in [6.45, 7) is 1.91. The Bertz CT molecular complexity index is 396. The molecule has 17 heavy (non-hydrogen) atoms. The minimum absolute atomic E-state index is 0.0835. The molecule has 0 fully saturated rings. The standard InChI is InChI=1S/C12H18ClNO2S/c1-9(14)5-6-17(15)8-10-7-11(13)3-4-12(10)16-2/h3-4,7,9H,5-6,8,14H2,1-2H3. The van der Waals surface area contributed by atoms with Gasteiger partial charge in [-0.2, -0.15) is 0 Å². The predicted molar refractivity (Wildman–Crippen MR) is 73.0 cm³/mol. The molecule has 0 heterocycles. The van der Waals surface area contributed by atoms with E-state index in [0.717, 1.165) is 17.7 Å². The molecule has 2 N–H and O–H groups in total. The van der Waals surface area contributed by atoms with Gasteiger partial charge in [0.25, 0.3) is 0 Å². The zero-order valence-electron chi connectivity index (χ0n) is 10.1. The molecule has 0 aliphatic rings. The van der Waals surface area contributed by atoms with E-state index in [1.165, 1.54) is 0 Å². The number of rotatable bonds is 6. The maximum absolute atomic E-state index is 11.9. The van der Waals surface area contributed by atoms with Gasteiger partial charge in [0.1, 0.15) is 5.75 Å². The number of benzene rings is 1. The lowest BCUT2D eigenvalue weighted by Gasteiger charge is -2.09. The van der Waals surface area contributed by atoms with Gasteiger partial charge in [-0.15, -0.1) is 0 Å². The summed E-state index contributed by atoms with van der Waals surface area (Å²) in [5.74, 6) is 1.78. The van der Waals surface area contributed by atoms with Gasteiger partial charge < -0.3 is 10.5 Å². The quantitative estimate of drug-likeness (QED) is 0.867. The van der Waals surface area contributed by atoms with Crippen LogP contribution in [0.25, 0.3) is 0 Å². The van der Waals surface area contributed by atoms with E-state index in [1.54, 1.807) is 25.3 Å². The topological polar surface area (TPSA) is 52.3 Å². The lowest BCUT2D eigenvalue weighted by atomic mass is 10.2. The van der Waals surface area contributed by atoms with E-state index in [9.17, 15) is 4.21 Å². The molecule has 1 aromatic carbocycles. The molecule has 0 aliphatic heterocycles. The highest BCUT2D eigenvalue weighted by Gasteiger charge is 2.09. The second-order valence-electron chi connectivity index (χ2n) is 4.01. The Morgan fingerprint density at radius 3 is 2.82 bits per heavy atom. The van der Waals surface area contributed by atoms with Gasteiger partial charge in [0.05, 0.1) is 12.9 Å². The van der Waals surface area contributed by atoms with Crippen LogP contribution < -0.4 is 10.5 Å². The summed E-state index contributed by atoms with van der Waals surface area (Å²) in [5.41, 5.74) is 6.51. The Morgan fingerprint density at radius 1 is 1.53 bits per heavy atom. The smallest absolute Gasteiger partial charge is 0.123 e. The summed E-state index contributed by atoms with van der Waals surface area (Å²) in [5, 5.41) is 0.630. The molecule has 0 aromatic heterocycles. The third-order valence-electron chi connectivity index (χ3n) is 2.36. The Balaban J connectivity index is 2.66. The molecule has 0 bridgehead atoms. The minimum atomic E-state index is -0.930. The molecule has 0 aliphatic carbocycles. The molecule has 0 amide bonds. The number of nitrogens with two attached hydrogens (primary N) is 1. The third kappa shape index (κ3) is 5.06. The second-order valence-corrected chi connectivity index (χ2v) is 6.02. The second kappa shape index (κ2) is 6.99. The highest BCUT2D eigenvalue weighted by molar-refractivity contribution is 7.84. The van der Waals surface area contributed by atoms with Gasteiger partial charge in [-0.05, 0) is 31.5 Å². The van der Waals surface area contributed by atoms with Crippen LogP contribution in [0.5, 0.6) is 5.75 Å². The van der Waals surface area contributed by atoms with Gasteiger partial charge in [-0.25, -0.2) is 0 Å². The Kier molecular flexibility index (Phi) is 5.95. The molecule has 0 radical (unpaired) electrons. The van der Waals surface area contributed by atoms with E-state index in [0.29, 0.717) is 16.5 Å². The highest BCUT2D eigenvalue weighted by atomic mass is 35.5. The molecular formula is C12H18ClNO2S. The van der Waals surface area contributed by atoms with Crippen LogP contribution in [0.3, 0.4) is 0 Å². The fraction of sp³-hybridized carbons (Fsp3) is 0.500. The zero-order chi connectivity index (χ0) is 12.8. The minimum Gasteiger partial charge on any atom is -0.496 e. The van der Waals surface area contributed by atoms with Gasteiger partial charge >= 0.3 is 0 Å². The third-order valence-corrected chi connectivity index (χ3v) is 3.92. The van der Waals surface area contributed by atoms with Crippen LogP contribution in [-0.2, 0) is 16.6 Å². The fourth-order valence-electron chi connectivity index (χ4n) is 1.42. The first-order chi connectivity index (χ1) is 8.02. The van der Waals surface area contributed by atoms with E-state index in [2.05, 4.69) is 0 Å². The average Bonchev–Trinajstić information content (AvgIpc) is 2.27. The Hall–Kier alpha value is -0.580. The van der Waals surface area contributed by atoms with Crippen LogP contribution in [0.1, 0.15) is 18.9 Å². The first kappa shape index (κ1) is 14.5. The van der Waals surface area contributed by atoms with Gasteiger partial charge in [0.2, 0.25) is 0 Å². The summed E-state index contributed by atoms with van der Waals surface area (Å²) < 4.78 is 17.1. The Morgan fingerprint density at radius 2 is 2.24 bits per heavy atom. The molecule has 0 saturated heterocycles. The summed E-state index contributed by atoms with van der Waals surface area (Å²) >= 11 is 5.91. The number of ether oxygens (including phenoxy) is 1. The van der Waals surface area contributed by atoms with Crippen molar-refractivity contribution >= 4 is 22.4 Å². The van der Waals surface area contributed by atoms with Crippen molar-refractivity contribution in [3.8, 4) is 5.75 Å². The van der Waals surface area contributed by atoms with Crippen LogP contribution >= 0.6 is 11.6 Å². The lowest BCUT2D eigenvalue weighted by molar-refractivity contribution is 0.411. The van der Waals surface area contributed by atoms with Gasteiger partial charge in [-0.3, -0.25) is 4.21 Å². The number of halogens is 1. The van der Waals surface area contributed by atoms with Crippen molar-refractivity contribution in [3.63, 3.8) is 0 Å². The van der Waals surface area contributed by atoms with Crippen molar-refractivity contribution in [1.82, 2.24) is 0 Å². The SMILES string of the molecule is COc1ccc(Cl)cc1CS(=O)CCC(C)N. The monoisotopic (exact) mass is 275 g/mol. The number of methoxy groups -OCH3 is 1. The first-order valence-corrected chi connectivity index (χ1v) is 7.32. The molecule has 96 valence electrons. The van der Waals surface area contributed by atoms with Crippen molar-refractivity contribution in [1.29, 1.82) is 0 Å². The van der Waals surface area contributed by atoms with Crippen LogP contribution in [0.4, 0.5) is 0 Å². The zero-order valence-corrected chi connectivity index (χ0v) is 11.7. The van der Waals surface area contributed by atoms with Crippen LogP contribution in [0, 0.1) is 0 Å². The molecule has 2 atom stereocenters. The van der Waals surface area contributed by atoms with E-state index >= 15 is 0 Å². The van der Waals surface area contributed by atoms with Crippen molar-refractivity contribution < 1.29 is 8.95 Å². The lowest BCUT2D eigenvalue weighted by Crippen LogP contribution is -2.18. The molecular weight excluding hydrogens is 258 g/mol. The molecule has 2 unspecified atom stereocenters. The maximum Gasteiger partial charge on any atom is 0.123 e. The van der Waals surface area contributed by atoms with Gasteiger partial charge in [-0.1, -0.05) is 11.6 Å². The normalized spacial score (nSPS) is 14.4. The largest absolute Gasteiger partial charge is 0.496 e. The summed E-state index contributed by atoms with van der Waals surface area (Å²) in [6.07, 6.45) is 0.759. The van der Waals surface area contributed by atoms with Crippen molar-refractivity contribution in [2.24, 2.45) is 5.73 Å². The highest BCUT2D eigenvalue weighted by Crippen LogP contribution is 2.24. The van der Waals surface area contributed by atoms with E-state index in [1.807, 2.05) is 6.92 Å². The molecule has 3 nitrogen and oxygen atoms in total. The van der Waals surface area contributed by atoms with E-state index in [-0.39, 0.29) is 6.04 Å². The number of hydrogen-bond donors (Lipinski definition) is 1. The summed E-state index contributed by atoms with van der Waals surface area (Å²) in [6, 6.07) is 5.43. The summed E-state index contributed by atoms with van der Waals surface area (Å²) in [7, 11) is 0.664. The van der Waals surface area contributed by atoms with Crippen LogP contribution in [-0.4, -0.2) is 23.1 Å². The van der Waals surface area contributed by atoms with Crippen molar-refractivity contribution in [3.05, 3.63) is 28.8 Å². The molecule has 1 aromatic rings. The van der Waals surface area contributed by atoms with E-state index < -0.39 is 10.8 Å². The van der Waals surface area contributed by atoms with Crippen LogP contribution in [0.15, 0.2) is 18.2 Å². The molecule has 0 saturated carbocycles. The summed E-state index contributed by atoms with van der Waals surface area (Å²) in [4.78, 5) is 0. The van der Waals surface area contributed by atoms with Crippen LogP contribution in [0.2, 0.25) is 5.02 Å². The molecule has 5 heteroatoms. The average molecular weight is 276 g/mol.